The quantitative estimate of drug-likeness (QED) is 0.661. The molecular formula is C15H14F3NO4. The number of halogens is 3. The van der Waals surface area contributed by atoms with Gasteiger partial charge in [0.25, 0.3) is 0 Å². The Labute approximate surface area is 129 Å². The third-order valence-electron chi connectivity index (χ3n) is 3.42. The van der Waals surface area contributed by atoms with Gasteiger partial charge in [-0.15, -0.1) is 0 Å². The zero-order valence-corrected chi connectivity index (χ0v) is 12.0. The molecule has 0 radical (unpaired) electrons. The summed E-state index contributed by atoms with van der Waals surface area (Å²) in [5, 5.41) is 0. The molecule has 2 rings (SSSR count). The molecule has 0 aromatic heterocycles. The van der Waals surface area contributed by atoms with E-state index >= 15 is 0 Å². The topological polar surface area (TPSA) is 78.6 Å². The van der Waals surface area contributed by atoms with Crippen LogP contribution in [0.3, 0.4) is 0 Å². The molecule has 0 unspecified atom stereocenters. The first-order valence-electron chi connectivity index (χ1n) is 6.59. The molecule has 0 bridgehead atoms. The van der Waals surface area contributed by atoms with Crippen LogP contribution in [0.5, 0.6) is 0 Å². The van der Waals surface area contributed by atoms with Crippen molar-refractivity contribution in [3.8, 4) is 0 Å². The summed E-state index contributed by atoms with van der Waals surface area (Å²) in [4.78, 5) is 22.7. The smallest absolute Gasteiger partial charge is 0.416 e. The Bertz CT molecular complexity index is 633. The average molecular weight is 329 g/mol. The van der Waals surface area contributed by atoms with Gasteiger partial charge in [-0.05, 0) is 12.1 Å². The minimum Gasteiger partial charge on any atom is -0.449 e. The van der Waals surface area contributed by atoms with Gasteiger partial charge in [-0.25, -0.2) is 0 Å². The van der Waals surface area contributed by atoms with E-state index in [1.54, 1.807) is 0 Å². The van der Waals surface area contributed by atoms with Gasteiger partial charge in [0.1, 0.15) is 0 Å². The zero-order valence-electron chi connectivity index (χ0n) is 12.0. The predicted molar refractivity (Wildman–Crippen MR) is 73.0 cm³/mol. The van der Waals surface area contributed by atoms with Crippen LogP contribution in [0, 0.1) is 0 Å². The van der Waals surface area contributed by atoms with Crippen molar-refractivity contribution in [2.75, 3.05) is 13.2 Å². The number of ether oxygens (including phenoxy) is 2. The number of hydrogen-bond donors (Lipinski definition) is 1. The molecule has 1 saturated heterocycles. The molecule has 0 aliphatic carbocycles. The average Bonchev–Trinajstić information content (AvgIpc) is 2.42. The monoisotopic (exact) mass is 329 g/mol. The van der Waals surface area contributed by atoms with Crippen molar-refractivity contribution in [3.05, 3.63) is 47.5 Å². The van der Waals surface area contributed by atoms with Gasteiger partial charge in [0, 0.05) is 11.1 Å². The molecule has 2 N–H and O–H groups in total. The fraction of sp³-hybridized carbons (Fsp3) is 0.333. The van der Waals surface area contributed by atoms with Crippen molar-refractivity contribution >= 4 is 11.9 Å². The van der Waals surface area contributed by atoms with Crippen molar-refractivity contribution in [2.24, 2.45) is 5.73 Å². The second kappa shape index (κ2) is 6.04. The van der Waals surface area contributed by atoms with Crippen LogP contribution in [0.15, 0.2) is 36.4 Å². The van der Waals surface area contributed by atoms with E-state index in [4.69, 9.17) is 15.2 Å². The Morgan fingerprint density at radius 1 is 1.26 bits per heavy atom. The number of benzene rings is 1. The van der Waals surface area contributed by atoms with E-state index in [2.05, 4.69) is 6.58 Å². The fourth-order valence-electron chi connectivity index (χ4n) is 2.05. The molecular weight excluding hydrogens is 315 g/mol. The third-order valence-corrected chi connectivity index (χ3v) is 3.42. The summed E-state index contributed by atoms with van der Waals surface area (Å²) in [5.74, 6) is -1.58. The SMILES string of the molecule is C=C(CC(=O)OC1(c2ccc(C(F)(F)F)cc2)COC1)C(N)=O. The summed E-state index contributed by atoms with van der Waals surface area (Å²) in [7, 11) is 0. The van der Waals surface area contributed by atoms with Crippen molar-refractivity contribution in [2.45, 2.75) is 18.2 Å². The Morgan fingerprint density at radius 3 is 2.22 bits per heavy atom. The lowest BCUT2D eigenvalue weighted by Gasteiger charge is -2.41. The van der Waals surface area contributed by atoms with Gasteiger partial charge in [-0.1, -0.05) is 18.7 Å². The number of amides is 1. The lowest BCUT2D eigenvalue weighted by atomic mass is 9.91. The van der Waals surface area contributed by atoms with Crippen LogP contribution in [0.2, 0.25) is 0 Å². The summed E-state index contributed by atoms with van der Waals surface area (Å²) in [6, 6.07) is 4.29. The number of primary amides is 1. The molecule has 8 heteroatoms. The van der Waals surface area contributed by atoms with Gasteiger partial charge >= 0.3 is 12.1 Å². The Balaban J connectivity index is 2.13. The van der Waals surface area contributed by atoms with E-state index in [0.717, 1.165) is 12.1 Å². The largest absolute Gasteiger partial charge is 0.449 e. The highest BCUT2D eigenvalue weighted by Crippen LogP contribution is 2.36. The standard InChI is InChI=1S/C15H14F3NO4/c1-9(13(19)21)6-12(20)23-14(7-22-8-14)10-2-4-11(5-3-10)15(16,17)18/h2-5H,1,6-8H2,(H2,19,21). The van der Waals surface area contributed by atoms with Gasteiger partial charge in [-0.2, -0.15) is 13.2 Å². The van der Waals surface area contributed by atoms with Crippen molar-refractivity contribution in [1.82, 2.24) is 0 Å². The van der Waals surface area contributed by atoms with Crippen LogP contribution in [0.25, 0.3) is 0 Å². The number of nitrogens with two attached hydrogens (primary N) is 1. The molecule has 5 nitrogen and oxygen atoms in total. The second-order valence-corrected chi connectivity index (χ2v) is 5.18. The lowest BCUT2D eigenvalue weighted by molar-refractivity contribution is -0.217. The lowest BCUT2D eigenvalue weighted by Crippen LogP contribution is -2.50. The number of carbonyl (C=O) groups excluding carboxylic acids is 2. The normalized spacial score (nSPS) is 16.3. The first kappa shape index (κ1) is 17.0. The third kappa shape index (κ3) is 3.70. The molecule has 0 saturated carbocycles. The van der Waals surface area contributed by atoms with Gasteiger partial charge < -0.3 is 15.2 Å². The van der Waals surface area contributed by atoms with E-state index in [-0.39, 0.29) is 18.8 Å². The van der Waals surface area contributed by atoms with E-state index in [0.29, 0.717) is 5.56 Å². The number of rotatable bonds is 5. The minimum absolute atomic E-state index is 0.0210. The van der Waals surface area contributed by atoms with E-state index in [1.807, 2.05) is 0 Å². The van der Waals surface area contributed by atoms with E-state index in [9.17, 15) is 22.8 Å². The van der Waals surface area contributed by atoms with Crippen LogP contribution in [0.4, 0.5) is 13.2 Å². The minimum atomic E-state index is -4.45. The van der Waals surface area contributed by atoms with Crippen LogP contribution in [-0.2, 0) is 30.8 Å². The molecule has 1 fully saturated rings. The summed E-state index contributed by atoms with van der Waals surface area (Å²) in [6.07, 6.45) is -4.84. The Kier molecular flexibility index (Phi) is 4.46. The predicted octanol–water partition coefficient (Wildman–Crippen LogP) is 1.91. The molecule has 1 aromatic rings. The Morgan fingerprint density at radius 2 is 1.83 bits per heavy atom. The fourth-order valence-corrected chi connectivity index (χ4v) is 2.05. The van der Waals surface area contributed by atoms with Crippen LogP contribution >= 0.6 is 0 Å². The summed E-state index contributed by atoms with van der Waals surface area (Å²) < 4.78 is 48.1. The molecule has 1 aliphatic rings. The highest BCUT2D eigenvalue weighted by molar-refractivity contribution is 5.95. The maximum Gasteiger partial charge on any atom is 0.416 e. The maximum absolute atomic E-state index is 12.6. The zero-order chi connectivity index (χ0) is 17.3. The summed E-state index contributed by atoms with van der Waals surface area (Å²) >= 11 is 0. The van der Waals surface area contributed by atoms with Crippen LogP contribution < -0.4 is 5.73 Å². The van der Waals surface area contributed by atoms with Crippen LogP contribution in [0.1, 0.15) is 17.5 Å². The number of alkyl halides is 3. The van der Waals surface area contributed by atoms with Gasteiger partial charge in [0.15, 0.2) is 5.60 Å². The molecule has 1 aromatic carbocycles. The molecule has 1 heterocycles. The number of carbonyl (C=O) groups is 2. The van der Waals surface area contributed by atoms with E-state index in [1.165, 1.54) is 12.1 Å². The molecule has 0 spiro atoms. The molecule has 0 atom stereocenters. The highest BCUT2D eigenvalue weighted by Gasteiger charge is 2.45. The van der Waals surface area contributed by atoms with Crippen molar-refractivity contribution in [3.63, 3.8) is 0 Å². The first-order valence-corrected chi connectivity index (χ1v) is 6.59. The molecule has 1 amide bonds. The molecule has 124 valence electrons. The van der Waals surface area contributed by atoms with E-state index < -0.39 is 35.6 Å². The highest BCUT2D eigenvalue weighted by atomic mass is 19.4. The van der Waals surface area contributed by atoms with Gasteiger partial charge in [0.2, 0.25) is 5.91 Å². The van der Waals surface area contributed by atoms with Crippen LogP contribution in [-0.4, -0.2) is 25.1 Å². The second-order valence-electron chi connectivity index (χ2n) is 5.18. The van der Waals surface area contributed by atoms with Crippen molar-refractivity contribution < 1.29 is 32.2 Å². The summed E-state index contributed by atoms with van der Waals surface area (Å²) in [6.45, 7) is 3.39. The first-order chi connectivity index (χ1) is 10.6. The number of esters is 1. The van der Waals surface area contributed by atoms with Gasteiger partial charge in [-0.3, -0.25) is 9.59 Å². The molecule has 1 aliphatic heterocycles. The number of hydrogen-bond acceptors (Lipinski definition) is 4. The summed E-state index contributed by atoms with van der Waals surface area (Å²) in [5.41, 5.74) is 3.30. The van der Waals surface area contributed by atoms with Gasteiger partial charge in [0.05, 0.1) is 25.2 Å². The maximum atomic E-state index is 12.6. The molecule has 23 heavy (non-hydrogen) atoms. The Hall–Kier alpha value is -2.35. The van der Waals surface area contributed by atoms with Crippen molar-refractivity contribution in [1.29, 1.82) is 0 Å².